The first kappa shape index (κ1) is 15.9. The molecule has 0 aliphatic heterocycles. The normalized spacial score (nSPS) is 9.94. The summed E-state index contributed by atoms with van der Waals surface area (Å²) in [6.07, 6.45) is 0. The zero-order chi connectivity index (χ0) is 14.0. The van der Waals surface area contributed by atoms with Crippen LogP contribution in [0.25, 0.3) is 0 Å². The molecule has 0 aliphatic carbocycles. The smallest absolute Gasteiger partial charge is 0.338 e. The van der Waals surface area contributed by atoms with Crippen LogP contribution in [0.4, 0.5) is 0 Å². The molecule has 1 aromatic carbocycles. The zero-order valence-corrected chi connectivity index (χ0v) is 14.7. The SMILES string of the molecule is O=COc1c(I)c(C(=O)O)c(I)c(C(=O)O)c1I. The first-order valence-electron chi connectivity index (χ1n) is 4.10. The minimum absolute atomic E-state index is 0.0542. The predicted octanol–water partition coefficient (Wildman–Crippen LogP) is 2.43. The van der Waals surface area contributed by atoms with Crippen LogP contribution in [0.5, 0.6) is 5.75 Å². The maximum atomic E-state index is 11.1. The van der Waals surface area contributed by atoms with Crippen LogP contribution in [-0.4, -0.2) is 28.6 Å². The molecule has 0 bridgehead atoms. The average molecular weight is 588 g/mol. The zero-order valence-electron chi connectivity index (χ0n) is 8.24. The number of carboxylic acids is 2. The minimum atomic E-state index is -1.28. The van der Waals surface area contributed by atoms with Crippen molar-refractivity contribution in [2.45, 2.75) is 0 Å². The second-order valence-electron chi connectivity index (χ2n) is 2.85. The van der Waals surface area contributed by atoms with E-state index in [1.54, 1.807) is 67.8 Å². The highest BCUT2D eigenvalue weighted by Crippen LogP contribution is 2.37. The molecule has 0 radical (unpaired) electrons. The van der Waals surface area contributed by atoms with Gasteiger partial charge in [0.2, 0.25) is 0 Å². The number of rotatable bonds is 4. The van der Waals surface area contributed by atoms with Gasteiger partial charge in [0.1, 0.15) is 0 Å². The summed E-state index contributed by atoms with van der Waals surface area (Å²) < 4.78 is 5.15. The Kier molecular flexibility index (Phi) is 5.57. The fraction of sp³-hybridized carbons (Fsp3) is 0. The summed E-state index contributed by atoms with van der Waals surface area (Å²) in [4.78, 5) is 32.7. The Morgan fingerprint density at radius 3 is 1.61 bits per heavy atom. The molecule has 0 saturated heterocycles. The summed E-state index contributed by atoms with van der Waals surface area (Å²) >= 11 is 5.06. The van der Waals surface area contributed by atoms with Gasteiger partial charge >= 0.3 is 11.9 Å². The van der Waals surface area contributed by atoms with E-state index in [1.807, 2.05) is 0 Å². The molecule has 0 saturated carbocycles. The van der Waals surface area contributed by atoms with Crippen molar-refractivity contribution < 1.29 is 29.3 Å². The molecule has 9 heteroatoms. The van der Waals surface area contributed by atoms with Crippen LogP contribution in [0, 0.1) is 10.7 Å². The third-order valence-corrected chi connectivity index (χ3v) is 5.01. The van der Waals surface area contributed by atoms with Crippen molar-refractivity contribution in [2.75, 3.05) is 0 Å². The molecule has 96 valence electrons. The van der Waals surface area contributed by atoms with Gasteiger partial charge in [-0.2, -0.15) is 0 Å². The number of hydrogen-bond donors (Lipinski definition) is 2. The quantitative estimate of drug-likeness (QED) is 0.415. The first-order chi connectivity index (χ1) is 8.32. The summed E-state index contributed by atoms with van der Waals surface area (Å²) in [6, 6.07) is 0. The number of benzene rings is 1. The molecule has 2 N–H and O–H groups in total. The standard InChI is InChI=1S/C9H3I3O6/c10-4-2(8(14)15)5(11)7(18-1-13)6(12)3(4)9(16)17/h1H,(H,14,15)(H,16,17). The van der Waals surface area contributed by atoms with Crippen LogP contribution in [0.2, 0.25) is 0 Å². The molecule has 0 aromatic heterocycles. The molecular weight excluding hydrogens is 585 g/mol. The van der Waals surface area contributed by atoms with Gasteiger partial charge in [-0.25, -0.2) is 9.59 Å². The van der Waals surface area contributed by atoms with Gasteiger partial charge in [0, 0.05) is 3.57 Å². The van der Waals surface area contributed by atoms with Gasteiger partial charge < -0.3 is 14.9 Å². The summed E-state index contributed by atoms with van der Waals surface area (Å²) in [5.41, 5.74) is -0.378. The molecule has 0 amide bonds. The molecule has 1 aromatic rings. The lowest BCUT2D eigenvalue weighted by Gasteiger charge is -2.13. The summed E-state index contributed by atoms with van der Waals surface area (Å²) in [7, 11) is 0. The van der Waals surface area contributed by atoms with Crippen LogP contribution in [0.3, 0.4) is 0 Å². The number of hydrogen-bond acceptors (Lipinski definition) is 4. The van der Waals surface area contributed by atoms with Crippen molar-refractivity contribution in [1.29, 1.82) is 0 Å². The molecule has 0 heterocycles. The lowest BCUT2D eigenvalue weighted by molar-refractivity contribution is -0.120. The third kappa shape index (κ3) is 2.87. The van der Waals surface area contributed by atoms with Crippen LogP contribution >= 0.6 is 67.8 Å². The monoisotopic (exact) mass is 588 g/mol. The Labute approximate surface area is 141 Å². The molecule has 0 spiro atoms. The highest BCUT2D eigenvalue weighted by molar-refractivity contribution is 14.1. The minimum Gasteiger partial charge on any atom is -0.478 e. The van der Waals surface area contributed by atoms with Gasteiger partial charge in [-0.1, -0.05) is 0 Å². The average Bonchev–Trinajstić information content (AvgIpc) is 2.23. The Bertz CT molecular complexity index is 513. The van der Waals surface area contributed by atoms with E-state index in [0.717, 1.165) is 0 Å². The number of carbonyl (C=O) groups excluding carboxylic acids is 1. The molecule has 0 fully saturated rings. The van der Waals surface area contributed by atoms with Gasteiger partial charge in [-0.15, -0.1) is 0 Å². The topological polar surface area (TPSA) is 101 Å². The van der Waals surface area contributed by atoms with Gasteiger partial charge in [-0.3, -0.25) is 4.79 Å². The lowest BCUT2D eigenvalue weighted by atomic mass is 10.1. The molecule has 0 atom stereocenters. The van der Waals surface area contributed by atoms with Crippen molar-refractivity contribution in [3.63, 3.8) is 0 Å². The maximum Gasteiger partial charge on any atom is 0.338 e. The van der Waals surface area contributed by atoms with E-state index in [9.17, 15) is 14.4 Å². The Balaban J connectivity index is 3.81. The van der Waals surface area contributed by atoms with E-state index in [4.69, 9.17) is 10.2 Å². The van der Waals surface area contributed by atoms with E-state index >= 15 is 0 Å². The summed E-state index contributed by atoms with van der Waals surface area (Å²) in [5, 5.41) is 18.2. The number of carbonyl (C=O) groups is 3. The lowest BCUT2D eigenvalue weighted by Crippen LogP contribution is -2.14. The summed E-state index contributed by atoms with van der Waals surface area (Å²) in [5.74, 6) is -2.61. The molecule has 18 heavy (non-hydrogen) atoms. The number of aromatic carboxylic acids is 2. The fourth-order valence-corrected chi connectivity index (χ4v) is 5.51. The van der Waals surface area contributed by atoms with Crippen molar-refractivity contribution in [1.82, 2.24) is 0 Å². The molecule has 0 aliphatic rings. The van der Waals surface area contributed by atoms with Crippen molar-refractivity contribution in [3.8, 4) is 5.75 Å². The van der Waals surface area contributed by atoms with Gasteiger partial charge in [0.05, 0.1) is 18.3 Å². The number of halogens is 3. The second-order valence-corrected chi connectivity index (χ2v) is 6.08. The van der Waals surface area contributed by atoms with Crippen LogP contribution in [0.15, 0.2) is 0 Å². The Hall–Kier alpha value is -0.180. The van der Waals surface area contributed by atoms with E-state index in [-0.39, 0.29) is 34.1 Å². The van der Waals surface area contributed by atoms with Crippen LogP contribution < -0.4 is 4.74 Å². The van der Waals surface area contributed by atoms with E-state index in [2.05, 4.69) is 4.74 Å². The van der Waals surface area contributed by atoms with E-state index < -0.39 is 11.9 Å². The Morgan fingerprint density at radius 1 is 0.944 bits per heavy atom. The van der Waals surface area contributed by atoms with E-state index in [0.29, 0.717) is 0 Å². The highest BCUT2D eigenvalue weighted by atomic mass is 127. The van der Waals surface area contributed by atoms with Gasteiger partial charge in [0.15, 0.2) is 5.75 Å². The fourth-order valence-electron chi connectivity index (χ4n) is 1.17. The summed E-state index contributed by atoms with van der Waals surface area (Å²) in [6.45, 7) is 0.129. The molecular formula is C9H3I3O6. The second kappa shape index (κ2) is 6.31. The van der Waals surface area contributed by atoms with Crippen molar-refractivity contribution in [2.24, 2.45) is 0 Å². The third-order valence-electron chi connectivity index (χ3n) is 1.87. The Morgan fingerprint density at radius 2 is 1.33 bits per heavy atom. The van der Waals surface area contributed by atoms with Gasteiger partial charge in [-0.05, 0) is 67.8 Å². The maximum absolute atomic E-state index is 11.1. The number of ether oxygens (including phenoxy) is 1. The molecule has 6 nitrogen and oxygen atoms in total. The van der Waals surface area contributed by atoms with Gasteiger partial charge in [0.25, 0.3) is 6.47 Å². The number of carboxylic acid groups (broad SMARTS) is 2. The largest absolute Gasteiger partial charge is 0.478 e. The van der Waals surface area contributed by atoms with Crippen LogP contribution in [0.1, 0.15) is 20.7 Å². The first-order valence-corrected chi connectivity index (χ1v) is 7.33. The highest BCUT2D eigenvalue weighted by Gasteiger charge is 2.28. The van der Waals surface area contributed by atoms with Crippen molar-refractivity contribution >= 4 is 86.2 Å². The molecule has 1 rings (SSSR count). The van der Waals surface area contributed by atoms with Crippen molar-refractivity contribution in [3.05, 3.63) is 21.8 Å². The van der Waals surface area contributed by atoms with E-state index in [1.165, 1.54) is 0 Å². The molecule has 0 unspecified atom stereocenters. The predicted molar refractivity (Wildman–Crippen MR) is 85.2 cm³/mol. The van der Waals surface area contributed by atoms with Crippen LogP contribution in [-0.2, 0) is 4.79 Å².